The number of hydrogen-bond acceptors (Lipinski definition) is 3. The fourth-order valence-corrected chi connectivity index (χ4v) is 2.67. The molecule has 2 rings (SSSR count). The Hall–Kier alpha value is -1.68. The van der Waals surface area contributed by atoms with E-state index in [2.05, 4.69) is 5.32 Å². The number of fused-ring (bicyclic) bond motifs is 1. The fraction of sp³-hybridized carbons (Fsp3) is 0.312. The van der Waals surface area contributed by atoms with Crippen molar-refractivity contribution in [2.24, 2.45) is 0 Å². The number of phenols is 1. The lowest BCUT2D eigenvalue weighted by molar-refractivity contribution is 0.0937. The van der Waals surface area contributed by atoms with Crippen molar-refractivity contribution >= 4 is 28.4 Å². The number of aromatic hydroxyl groups is 1. The van der Waals surface area contributed by atoms with Crippen LogP contribution in [-0.2, 0) is 0 Å². The van der Waals surface area contributed by atoms with Gasteiger partial charge in [-0.2, -0.15) is 11.8 Å². The maximum atomic E-state index is 12.2. The minimum absolute atomic E-state index is 0.0262. The van der Waals surface area contributed by atoms with Crippen LogP contribution in [0.1, 0.15) is 23.7 Å². The van der Waals surface area contributed by atoms with E-state index < -0.39 is 0 Å². The van der Waals surface area contributed by atoms with E-state index in [1.807, 2.05) is 37.4 Å². The zero-order valence-electron chi connectivity index (χ0n) is 11.7. The molecule has 0 aliphatic heterocycles. The summed E-state index contributed by atoms with van der Waals surface area (Å²) in [6, 6.07) is 11.1. The first-order chi connectivity index (χ1) is 9.61. The second kappa shape index (κ2) is 6.66. The van der Waals surface area contributed by atoms with Crippen molar-refractivity contribution in [2.45, 2.75) is 19.4 Å². The van der Waals surface area contributed by atoms with Crippen LogP contribution < -0.4 is 5.32 Å². The van der Waals surface area contributed by atoms with Crippen LogP contribution in [0.15, 0.2) is 36.4 Å². The van der Waals surface area contributed by atoms with Crippen molar-refractivity contribution in [1.29, 1.82) is 0 Å². The van der Waals surface area contributed by atoms with Crippen LogP contribution in [-0.4, -0.2) is 29.1 Å². The minimum atomic E-state index is -0.221. The molecule has 1 amide bonds. The molecule has 4 heteroatoms. The van der Waals surface area contributed by atoms with E-state index in [1.165, 1.54) is 0 Å². The smallest absolute Gasteiger partial charge is 0.255 e. The third kappa shape index (κ3) is 3.45. The summed E-state index contributed by atoms with van der Waals surface area (Å²) in [6.45, 7) is 1.98. The predicted octanol–water partition coefficient (Wildman–Crippen LogP) is 3.42. The second-order valence-corrected chi connectivity index (χ2v) is 5.86. The van der Waals surface area contributed by atoms with E-state index in [4.69, 9.17) is 0 Å². The summed E-state index contributed by atoms with van der Waals surface area (Å²) in [6.07, 6.45) is 2.96. The van der Waals surface area contributed by atoms with Gasteiger partial charge in [-0.3, -0.25) is 4.79 Å². The van der Waals surface area contributed by atoms with E-state index in [9.17, 15) is 9.90 Å². The number of thioether (sulfide) groups is 1. The van der Waals surface area contributed by atoms with Crippen LogP contribution in [0, 0.1) is 0 Å². The van der Waals surface area contributed by atoms with Crippen molar-refractivity contribution < 1.29 is 9.90 Å². The first kappa shape index (κ1) is 14.7. The number of hydrogen-bond donors (Lipinski definition) is 2. The molecule has 0 saturated carbocycles. The number of nitrogens with one attached hydrogen (secondary N) is 1. The van der Waals surface area contributed by atoms with Gasteiger partial charge in [0.1, 0.15) is 5.75 Å². The Labute approximate surface area is 123 Å². The molecule has 1 unspecified atom stereocenters. The van der Waals surface area contributed by atoms with Gasteiger partial charge < -0.3 is 10.4 Å². The lowest BCUT2D eigenvalue weighted by Gasteiger charge is -2.14. The SMILES string of the molecule is CSCCC(C)NC(=O)c1cc2ccccc2cc1O. The molecule has 0 spiro atoms. The van der Waals surface area contributed by atoms with Gasteiger partial charge in [0, 0.05) is 6.04 Å². The van der Waals surface area contributed by atoms with E-state index in [-0.39, 0.29) is 17.7 Å². The van der Waals surface area contributed by atoms with Gasteiger partial charge in [0.25, 0.3) is 5.91 Å². The number of carbonyl (C=O) groups is 1. The lowest BCUT2D eigenvalue weighted by atomic mass is 10.0. The standard InChI is InChI=1S/C16H19NO2S/c1-11(7-8-20-2)17-16(19)14-9-12-5-3-4-6-13(12)10-15(14)18/h3-6,9-11,18H,7-8H2,1-2H3,(H,17,19). The van der Waals surface area contributed by atoms with Gasteiger partial charge in [-0.25, -0.2) is 0 Å². The van der Waals surface area contributed by atoms with E-state index in [0.717, 1.165) is 22.9 Å². The van der Waals surface area contributed by atoms with Crippen LogP contribution in [0.3, 0.4) is 0 Å². The number of carbonyl (C=O) groups excluding carboxylic acids is 1. The normalized spacial score (nSPS) is 12.3. The predicted molar refractivity (Wildman–Crippen MR) is 85.5 cm³/mol. The van der Waals surface area contributed by atoms with Gasteiger partial charge in [0.15, 0.2) is 0 Å². The Morgan fingerprint density at radius 2 is 1.95 bits per heavy atom. The van der Waals surface area contributed by atoms with Crippen LogP contribution in [0.4, 0.5) is 0 Å². The zero-order valence-corrected chi connectivity index (χ0v) is 12.5. The van der Waals surface area contributed by atoms with Crippen molar-refractivity contribution in [3.63, 3.8) is 0 Å². The van der Waals surface area contributed by atoms with Gasteiger partial charge in [-0.05, 0) is 48.3 Å². The highest BCUT2D eigenvalue weighted by Gasteiger charge is 2.14. The van der Waals surface area contributed by atoms with Crippen molar-refractivity contribution in [3.05, 3.63) is 42.0 Å². The zero-order chi connectivity index (χ0) is 14.5. The monoisotopic (exact) mass is 289 g/mol. The first-order valence-corrected chi connectivity index (χ1v) is 8.02. The molecule has 2 aromatic carbocycles. The van der Waals surface area contributed by atoms with Crippen molar-refractivity contribution in [3.8, 4) is 5.75 Å². The molecule has 0 aliphatic rings. The molecule has 0 aliphatic carbocycles. The summed E-state index contributed by atoms with van der Waals surface area (Å²) in [5.74, 6) is 0.811. The largest absolute Gasteiger partial charge is 0.507 e. The molecule has 2 aromatic rings. The van der Waals surface area contributed by atoms with E-state index in [1.54, 1.807) is 23.9 Å². The Morgan fingerprint density at radius 1 is 1.30 bits per heavy atom. The Kier molecular flexibility index (Phi) is 4.90. The highest BCUT2D eigenvalue weighted by Crippen LogP contribution is 2.25. The molecule has 0 aromatic heterocycles. The molecule has 0 bridgehead atoms. The third-order valence-corrected chi connectivity index (χ3v) is 3.89. The van der Waals surface area contributed by atoms with Crippen LogP contribution in [0.5, 0.6) is 5.75 Å². The summed E-state index contributed by atoms with van der Waals surface area (Å²) in [4.78, 5) is 12.2. The summed E-state index contributed by atoms with van der Waals surface area (Å²) < 4.78 is 0. The summed E-state index contributed by atoms with van der Waals surface area (Å²) in [5, 5.41) is 14.8. The van der Waals surface area contributed by atoms with Crippen LogP contribution >= 0.6 is 11.8 Å². The first-order valence-electron chi connectivity index (χ1n) is 6.63. The van der Waals surface area contributed by atoms with Gasteiger partial charge in [0.2, 0.25) is 0 Å². The Morgan fingerprint density at radius 3 is 2.60 bits per heavy atom. The Balaban J connectivity index is 2.19. The molecular formula is C16H19NO2S. The molecule has 1 atom stereocenters. The third-order valence-electron chi connectivity index (χ3n) is 3.24. The maximum absolute atomic E-state index is 12.2. The topological polar surface area (TPSA) is 49.3 Å². The number of phenolic OH excluding ortho intramolecular Hbond substituents is 1. The van der Waals surface area contributed by atoms with Gasteiger partial charge in [-0.15, -0.1) is 0 Å². The summed E-state index contributed by atoms with van der Waals surface area (Å²) in [5.41, 5.74) is 0.333. The minimum Gasteiger partial charge on any atom is -0.507 e. The fourth-order valence-electron chi connectivity index (χ4n) is 2.08. The highest BCUT2D eigenvalue weighted by molar-refractivity contribution is 7.98. The number of rotatable bonds is 5. The summed E-state index contributed by atoms with van der Waals surface area (Å²) in [7, 11) is 0. The lowest BCUT2D eigenvalue weighted by Crippen LogP contribution is -2.32. The molecule has 0 fully saturated rings. The van der Waals surface area contributed by atoms with E-state index in [0.29, 0.717) is 5.56 Å². The number of benzene rings is 2. The van der Waals surface area contributed by atoms with Crippen LogP contribution in [0.25, 0.3) is 10.8 Å². The molecule has 2 N–H and O–H groups in total. The molecule has 3 nitrogen and oxygen atoms in total. The molecule has 0 saturated heterocycles. The van der Waals surface area contributed by atoms with Gasteiger partial charge in [0.05, 0.1) is 5.56 Å². The highest BCUT2D eigenvalue weighted by atomic mass is 32.2. The maximum Gasteiger partial charge on any atom is 0.255 e. The molecule has 0 heterocycles. The average molecular weight is 289 g/mol. The van der Waals surface area contributed by atoms with Crippen molar-refractivity contribution in [1.82, 2.24) is 5.32 Å². The molecule has 20 heavy (non-hydrogen) atoms. The van der Waals surface area contributed by atoms with Gasteiger partial charge >= 0.3 is 0 Å². The van der Waals surface area contributed by atoms with Crippen LogP contribution in [0.2, 0.25) is 0 Å². The van der Waals surface area contributed by atoms with Gasteiger partial charge in [-0.1, -0.05) is 24.3 Å². The number of amides is 1. The van der Waals surface area contributed by atoms with Crippen molar-refractivity contribution in [2.75, 3.05) is 12.0 Å². The molecule has 106 valence electrons. The quantitative estimate of drug-likeness (QED) is 0.886. The average Bonchev–Trinajstić information content (AvgIpc) is 2.44. The molecule has 0 radical (unpaired) electrons. The van der Waals surface area contributed by atoms with E-state index >= 15 is 0 Å². The Bertz CT molecular complexity index is 612. The molecular weight excluding hydrogens is 270 g/mol. The summed E-state index contributed by atoms with van der Waals surface area (Å²) >= 11 is 1.76. The second-order valence-electron chi connectivity index (χ2n) is 4.87.